The molecule has 0 saturated carbocycles. The van der Waals surface area contributed by atoms with Crippen LogP contribution in [-0.2, 0) is 4.79 Å². The molecule has 1 N–H and O–H groups in total. The number of hydrogen-bond acceptors (Lipinski definition) is 2. The van der Waals surface area contributed by atoms with Crippen molar-refractivity contribution in [2.24, 2.45) is 0 Å². The molecular formula is C17H15NO2. The number of ketones is 1. The van der Waals surface area contributed by atoms with Gasteiger partial charge in [0.1, 0.15) is 0 Å². The highest BCUT2D eigenvalue weighted by Crippen LogP contribution is 2.10. The van der Waals surface area contributed by atoms with Gasteiger partial charge in [-0.1, -0.05) is 30.3 Å². The molecule has 0 aliphatic rings. The Labute approximate surface area is 117 Å². The van der Waals surface area contributed by atoms with Crippen LogP contribution in [0.25, 0.3) is 6.08 Å². The fraction of sp³-hybridized carbons (Fsp3) is 0.0588. The number of carbonyl (C=O) groups is 2. The van der Waals surface area contributed by atoms with Crippen LogP contribution < -0.4 is 5.32 Å². The molecule has 0 radical (unpaired) electrons. The molecule has 0 unspecified atom stereocenters. The van der Waals surface area contributed by atoms with E-state index in [1.807, 2.05) is 30.3 Å². The van der Waals surface area contributed by atoms with Crippen molar-refractivity contribution >= 4 is 23.5 Å². The van der Waals surface area contributed by atoms with Gasteiger partial charge in [0.25, 0.3) is 0 Å². The number of rotatable bonds is 4. The predicted octanol–water partition coefficient (Wildman–Crippen LogP) is 3.54. The molecule has 3 nitrogen and oxygen atoms in total. The predicted molar refractivity (Wildman–Crippen MR) is 80.6 cm³/mol. The Morgan fingerprint density at radius 2 is 1.60 bits per heavy atom. The largest absolute Gasteiger partial charge is 0.323 e. The number of anilines is 1. The zero-order valence-electron chi connectivity index (χ0n) is 11.2. The van der Waals surface area contributed by atoms with Gasteiger partial charge < -0.3 is 5.32 Å². The van der Waals surface area contributed by atoms with E-state index in [4.69, 9.17) is 0 Å². The van der Waals surface area contributed by atoms with E-state index >= 15 is 0 Å². The van der Waals surface area contributed by atoms with Crippen molar-refractivity contribution in [3.05, 3.63) is 71.8 Å². The van der Waals surface area contributed by atoms with Gasteiger partial charge in [0.2, 0.25) is 5.91 Å². The summed E-state index contributed by atoms with van der Waals surface area (Å²) in [6.07, 6.45) is 3.23. The molecular weight excluding hydrogens is 250 g/mol. The fourth-order valence-corrected chi connectivity index (χ4v) is 1.71. The lowest BCUT2D eigenvalue weighted by Gasteiger charge is -2.02. The van der Waals surface area contributed by atoms with Crippen LogP contribution >= 0.6 is 0 Å². The van der Waals surface area contributed by atoms with Crippen molar-refractivity contribution in [3.8, 4) is 0 Å². The van der Waals surface area contributed by atoms with Gasteiger partial charge in [-0.3, -0.25) is 9.59 Å². The summed E-state index contributed by atoms with van der Waals surface area (Å²) < 4.78 is 0. The van der Waals surface area contributed by atoms with Gasteiger partial charge >= 0.3 is 0 Å². The van der Waals surface area contributed by atoms with E-state index in [0.29, 0.717) is 11.3 Å². The van der Waals surface area contributed by atoms with Crippen LogP contribution in [0.3, 0.4) is 0 Å². The molecule has 2 aromatic rings. The van der Waals surface area contributed by atoms with E-state index in [1.165, 1.54) is 13.0 Å². The molecule has 20 heavy (non-hydrogen) atoms. The zero-order valence-corrected chi connectivity index (χ0v) is 11.2. The third-order valence-electron chi connectivity index (χ3n) is 2.79. The number of Topliss-reactive ketones (excluding diaryl/α,β-unsaturated/α-hetero) is 1. The van der Waals surface area contributed by atoms with Gasteiger partial charge in [-0.25, -0.2) is 0 Å². The third kappa shape index (κ3) is 3.92. The van der Waals surface area contributed by atoms with Crippen molar-refractivity contribution in [3.63, 3.8) is 0 Å². The third-order valence-corrected chi connectivity index (χ3v) is 2.79. The molecule has 100 valence electrons. The quantitative estimate of drug-likeness (QED) is 0.679. The van der Waals surface area contributed by atoms with E-state index in [0.717, 1.165) is 5.56 Å². The highest BCUT2D eigenvalue weighted by molar-refractivity contribution is 6.02. The van der Waals surface area contributed by atoms with E-state index in [2.05, 4.69) is 5.32 Å². The Kier molecular flexibility index (Phi) is 4.45. The molecule has 0 atom stereocenters. The van der Waals surface area contributed by atoms with E-state index < -0.39 is 0 Å². The molecule has 0 aliphatic heterocycles. The van der Waals surface area contributed by atoms with Crippen LogP contribution in [0, 0.1) is 0 Å². The maximum absolute atomic E-state index is 11.7. The zero-order chi connectivity index (χ0) is 14.4. The average molecular weight is 265 g/mol. The average Bonchev–Trinajstić information content (AvgIpc) is 2.47. The molecule has 2 aromatic carbocycles. The first-order chi connectivity index (χ1) is 9.65. The van der Waals surface area contributed by atoms with Crippen molar-refractivity contribution < 1.29 is 9.59 Å². The summed E-state index contributed by atoms with van der Waals surface area (Å²) in [5.41, 5.74) is 2.26. The monoisotopic (exact) mass is 265 g/mol. The van der Waals surface area contributed by atoms with E-state index in [-0.39, 0.29) is 11.7 Å². The number of hydrogen-bond donors (Lipinski definition) is 1. The molecule has 0 fully saturated rings. The van der Waals surface area contributed by atoms with Gasteiger partial charge in [-0.05, 0) is 42.8 Å². The Bertz CT molecular complexity index is 628. The first kappa shape index (κ1) is 13.7. The lowest BCUT2D eigenvalue weighted by atomic mass is 10.1. The first-order valence-electron chi connectivity index (χ1n) is 6.30. The summed E-state index contributed by atoms with van der Waals surface area (Å²) in [6, 6.07) is 16.4. The maximum Gasteiger partial charge on any atom is 0.248 e. The first-order valence-corrected chi connectivity index (χ1v) is 6.30. The van der Waals surface area contributed by atoms with Crippen LogP contribution in [0.4, 0.5) is 5.69 Å². The molecule has 1 amide bonds. The smallest absolute Gasteiger partial charge is 0.248 e. The minimum Gasteiger partial charge on any atom is -0.323 e. The van der Waals surface area contributed by atoms with Crippen molar-refractivity contribution in [2.45, 2.75) is 6.92 Å². The number of nitrogens with one attached hydrogen (secondary N) is 1. The Balaban J connectivity index is 1.98. The standard InChI is InChI=1S/C17H15NO2/c1-13(19)15-8-10-16(11-9-15)18-17(20)12-7-14-5-3-2-4-6-14/h2-12H,1H3,(H,18,20). The molecule has 0 spiro atoms. The van der Waals surface area contributed by atoms with Crippen molar-refractivity contribution in [1.82, 2.24) is 0 Å². The second kappa shape index (κ2) is 6.48. The van der Waals surface area contributed by atoms with Gasteiger partial charge in [0.15, 0.2) is 5.78 Å². The number of carbonyl (C=O) groups excluding carboxylic acids is 2. The second-order valence-electron chi connectivity index (χ2n) is 4.37. The highest BCUT2D eigenvalue weighted by Gasteiger charge is 2.00. The summed E-state index contributed by atoms with van der Waals surface area (Å²) >= 11 is 0. The fourth-order valence-electron chi connectivity index (χ4n) is 1.71. The Morgan fingerprint density at radius 1 is 0.950 bits per heavy atom. The normalized spacial score (nSPS) is 10.4. The van der Waals surface area contributed by atoms with Crippen LogP contribution in [0.5, 0.6) is 0 Å². The number of amides is 1. The summed E-state index contributed by atoms with van der Waals surface area (Å²) in [5.74, 6) is -0.198. The Morgan fingerprint density at radius 3 is 2.20 bits per heavy atom. The van der Waals surface area contributed by atoms with Gasteiger partial charge in [0.05, 0.1) is 0 Å². The van der Waals surface area contributed by atoms with Gasteiger partial charge in [-0.15, -0.1) is 0 Å². The molecule has 0 heterocycles. The SMILES string of the molecule is CC(=O)c1ccc(NC(=O)C=Cc2ccccc2)cc1. The summed E-state index contributed by atoms with van der Waals surface area (Å²) in [4.78, 5) is 22.9. The van der Waals surface area contributed by atoms with E-state index in [9.17, 15) is 9.59 Å². The van der Waals surface area contributed by atoms with Crippen LogP contribution in [0.2, 0.25) is 0 Å². The summed E-state index contributed by atoms with van der Waals surface area (Å²) in [7, 11) is 0. The van der Waals surface area contributed by atoms with Crippen molar-refractivity contribution in [2.75, 3.05) is 5.32 Å². The second-order valence-corrected chi connectivity index (χ2v) is 4.37. The topological polar surface area (TPSA) is 46.2 Å². The van der Waals surface area contributed by atoms with Crippen LogP contribution in [0.15, 0.2) is 60.7 Å². The van der Waals surface area contributed by atoms with E-state index in [1.54, 1.807) is 30.3 Å². The highest BCUT2D eigenvalue weighted by atomic mass is 16.1. The molecule has 0 saturated heterocycles. The molecule has 0 aliphatic carbocycles. The van der Waals surface area contributed by atoms with Crippen molar-refractivity contribution in [1.29, 1.82) is 0 Å². The Hall–Kier alpha value is -2.68. The molecule has 0 aromatic heterocycles. The summed E-state index contributed by atoms with van der Waals surface area (Å²) in [6.45, 7) is 1.51. The maximum atomic E-state index is 11.7. The minimum atomic E-state index is -0.204. The van der Waals surface area contributed by atoms with Crippen LogP contribution in [0.1, 0.15) is 22.8 Å². The van der Waals surface area contributed by atoms with Gasteiger partial charge in [-0.2, -0.15) is 0 Å². The molecule has 3 heteroatoms. The number of benzene rings is 2. The molecule has 0 bridgehead atoms. The molecule has 2 rings (SSSR count). The minimum absolute atomic E-state index is 0.00634. The van der Waals surface area contributed by atoms with Crippen LogP contribution in [-0.4, -0.2) is 11.7 Å². The summed E-state index contributed by atoms with van der Waals surface area (Å²) in [5, 5.41) is 2.74. The lowest BCUT2D eigenvalue weighted by molar-refractivity contribution is -0.111. The lowest BCUT2D eigenvalue weighted by Crippen LogP contribution is -2.07. The van der Waals surface area contributed by atoms with Gasteiger partial charge in [0, 0.05) is 17.3 Å².